The van der Waals surface area contributed by atoms with Gasteiger partial charge < -0.3 is 4.42 Å². The van der Waals surface area contributed by atoms with Crippen molar-refractivity contribution in [3.05, 3.63) is 182 Å². The van der Waals surface area contributed by atoms with Crippen molar-refractivity contribution in [3.63, 3.8) is 0 Å². The van der Waals surface area contributed by atoms with E-state index in [1.54, 1.807) is 12.1 Å². The molecule has 1 nitrogen and oxygen atoms in total. The van der Waals surface area contributed by atoms with E-state index < -0.39 is 0 Å². The molecule has 0 saturated heterocycles. The molecule has 0 saturated carbocycles. The van der Waals surface area contributed by atoms with Crippen LogP contribution in [-0.4, -0.2) is 0 Å². The lowest BCUT2D eigenvalue weighted by atomic mass is 9.83. The van der Waals surface area contributed by atoms with Gasteiger partial charge in [0, 0.05) is 10.8 Å². The third-order valence-corrected chi connectivity index (χ3v) is 9.55. The molecule has 0 atom stereocenters. The van der Waals surface area contributed by atoms with Crippen molar-refractivity contribution in [1.82, 2.24) is 0 Å². The Balaban J connectivity index is 1.36. The van der Waals surface area contributed by atoms with Gasteiger partial charge in [-0.2, -0.15) is 0 Å². The molecule has 10 rings (SSSR count). The lowest BCUT2D eigenvalue weighted by Gasteiger charge is -2.19. The summed E-state index contributed by atoms with van der Waals surface area (Å²) in [5.74, 6) is 0. The van der Waals surface area contributed by atoms with Crippen LogP contribution in [0.1, 0.15) is 8.22 Å². The van der Waals surface area contributed by atoms with Crippen molar-refractivity contribution < 1.29 is 12.6 Å². The van der Waals surface area contributed by atoms with Gasteiger partial charge in [-0.05, 0) is 107 Å². The molecule has 10 aromatic rings. The monoisotopic (exact) mass is 628 g/mol. The first-order chi connectivity index (χ1) is 26.8. The normalized spacial score (nSPS) is 13.4. The highest BCUT2D eigenvalue weighted by atomic mass is 16.3. The Bertz CT molecular complexity index is 3150. The van der Waals surface area contributed by atoms with Crippen LogP contribution in [0.25, 0.3) is 98.8 Å². The average Bonchev–Trinajstić information content (AvgIpc) is 3.63. The molecule has 1 aromatic heterocycles. The third kappa shape index (κ3) is 4.40. The average molecular weight is 629 g/mol. The Morgan fingerprint density at radius 1 is 0.388 bits per heavy atom. The van der Waals surface area contributed by atoms with Gasteiger partial charge >= 0.3 is 0 Å². The van der Waals surface area contributed by atoms with Gasteiger partial charge in [0.2, 0.25) is 0 Å². The molecule has 1 heteroatoms. The van der Waals surface area contributed by atoms with Crippen molar-refractivity contribution in [3.8, 4) is 44.5 Å². The predicted molar refractivity (Wildman–Crippen MR) is 208 cm³/mol. The van der Waals surface area contributed by atoms with Gasteiger partial charge in [0.15, 0.2) is 0 Å². The Morgan fingerprint density at radius 2 is 0.980 bits per heavy atom. The molecule has 0 aliphatic heterocycles. The topological polar surface area (TPSA) is 13.1 Å². The van der Waals surface area contributed by atoms with E-state index in [-0.39, 0.29) is 58.4 Å². The van der Waals surface area contributed by atoms with E-state index in [0.29, 0.717) is 22.1 Å². The molecular formula is C48H30O. The molecule has 0 bridgehead atoms. The molecule has 1 heterocycles. The highest BCUT2D eigenvalue weighted by molar-refractivity contribution is 6.26. The van der Waals surface area contributed by atoms with E-state index in [2.05, 4.69) is 72.8 Å². The fourth-order valence-corrected chi connectivity index (χ4v) is 7.40. The van der Waals surface area contributed by atoms with Crippen LogP contribution in [0.2, 0.25) is 0 Å². The van der Waals surface area contributed by atoms with Crippen molar-refractivity contribution in [2.45, 2.75) is 0 Å². The van der Waals surface area contributed by atoms with Crippen LogP contribution in [0.3, 0.4) is 0 Å². The van der Waals surface area contributed by atoms with Crippen LogP contribution in [0.5, 0.6) is 0 Å². The third-order valence-electron chi connectivity index (χ3n) is 9.55. The quantitative estimate of drug-likeness (QED) is 0.177. The first-order valence-electron chi connectivity index (χ1n) is 19.4. The fraction of sp³-hybridized carbons (Fsp3) is 0. The Labute approximate surface area is 292 Å². The minimum atomic E-state index is -0.312. The molecule has 0 aliphatic rings. The minimum absolute atomic E-state index is 0.0249. The Morgan fingerprint density at radius 3 is 1.67 bits per heavy atom. The summed E-state index contributed by atoms with van der Waals surface area (Å²) in [4.78, 5) is 0. The van der Waals surface area contributed by atoms with Gasteiger partial charge in [-0.25, -0.2) is 0 Å². The molecule has 0 radical (unpaired) electrons. The summed E-state index contributed by atoms with van der Waals surface area (Å²) in [6, 6.07) is 47.3. The number of hydrogen-bond donors (Lipinski definition) is 0. The maximum Gasteiger partial charge on any atom is 0.136 e. The Kier molecular flexibility index (Phi) is 5.02. The van der Waals surface area contributed by atoms with E-state index in [0.717, 1.165) is 54.6 Å². The van der Waals surface area contributed by atoms with E-state index in [9.17, 15) is 4.11 Å². The summed E-state index contributed by atoms with van der Waals surface area (Å²) in [6.07, 6.45) is 0. The van der Waals surface area contributed by atoms with E-state index in [4.69, 9.17) is 8.53 Å². The molecule has 49 heavy (non-hydrogen) atoms. The highest BCUT2D eigenvalue weighted by Crippen LogP contribution is 2.48. The molecular weight excluding hydrogens is 593 g/mol. The van der Waals surface area contributed by atoms with Crippen molar-refractivity contribution in [1.29, 1.82) is 0 Å². The summed E-state index contributed by atoms with van der Waals surface area (Å²) in [6.45, 7) is 0. The number of hydrogen-bond acceptors (Lipinski definition) is 1. The molecule has 0 spiro atoms. The van der Waals surface area contributed by atoms with E-state index in [1.165, 1.54) is 0 Å². The van der Waals surface area contributed by atoms with E-state index in [1.807, 2.05) is 60.7 Å². The summed E-state index contributed by atoms with van der Waals surface area (Å²) in [7, 11) is 0. The van der Waals surface area contributed by atoms with Crippen LogP contribution in [-0.2, 0) is 0 Å². The smallest absolute Gasteiger partial charge is 0.136 e. The number of benzene rings is 9. The molecule has 0 unspecified atom stereocenters. The van der Waals surface area contributed by atoms with Gasteiger partial charge in [0.25, 0.3) is 0 Å². The second-order valence-corrected chi connectivity index (χ2v) is 12.3. The largest absolute Gasteiger partial charge is 0.456 e. The van der Waals surface area contributed by atoms with Crippen LogP contribution in [0, 0.1) is 0 Å². The fourth-order valence-electron chi connectivity index (χ4n) is 7.40. The molecule has 228 valence electrons. The lowest BCUT2D eigenvalue weighted by molar-refractivity contribution is 0.669. The first-order valence-corrected chi connectivity index (χ1v) is 16.4. The van der Waals surface area contributed by atoms with Gasteiger partial charge in [-0.1, -0.05) is 152 Å². The number of furan rings is 1. The summed E-state index contributed by atoms with van der Waals surface area (Å²) in [5.41, 5.74) is 6.26. The highest BCUT2D eigenvalue weighted by Gasteiger charge is 2.21. The number of fused-ring (bicyclic) bond motifs is 6. The second-order valence-electron chi connectivity index (χ2n) is 12.3. The maximum atomic E-state index is 9.50. The van der Waals surface area contributed by atoms with E-state index >= 15 is 0 Å². The lowest BCUT2D eigenvalue weighted by Crippen LogP contribution is -1.92. The predicted octanol–water partition coefficient (Wildman–Crippen LogP) is 13.7. The van der Waals surface area contributed by atoms with Crippen molar-refractivity contribution >= 4 is 54.3 Å². The van der Waals surface area contributed by atoms with Crippen molar-refractivity contribution in [2.24, 2.45) is 0 Å². The first kappa shape index (κ1) is 22.2. The van der Waals surface area contributed by atoms with Gasteiger partial charge in [-0.3, -0.25) is 0 Å². The molecule has 9 aromatic carbocycles. The van der Waals surface area contributed by atoms with Gasteiger partial charge in [0.1, 0.15) is 11.2 Å². The molecule has 0 fully saturated rings. The molecule has 0 N–H and O–H groups in total. The van der Waals surface area contributed by atoms with Crippen LogP contribution in [0.15, 0.2) is 186 Å². The second kappa shape index (κ2) is 11.1. The summed E-state index contributed by atoms with van der Waals surface area (Å²) < 4.78 is 61.6. The summed E-state index contributed by atoms with van der Waals surface area (Å²) >= 11 is 0. The maximum absolute atomic E-state index is 9.50. The van der Waals surface area contributed by atoms with Gasteiger partial charge in [0.05, 0.1) is 8.22 Å². The zero-order valence-corrected chi connectivity index (χ0v) is 26.3. The van der Waals surface area contributed by atoms with Crippen LogP contribution >= 0.6 is 0 Å². The number of rotatable bonds is 4. The SMILES string of the molecule is [2H]c1c([2H])c(-c2c3ccccc3c(-c3cc(-c4ccccc4)c4ccccc4c3)c3ccccc23)c2c(oc3c([2H])c(-c4ccccc4)c([2H])c([2H])c32)c1[2H]. The van der Waals surface area contributed by atoms with Crippen LogP contribution in [0.4, 0.5) is 0 Å². The standard InChI is InChI=1S/C48H30O/c1-3-14-31(15-4-1)33-26-27-41-45(30-33)49-44-25-13-24-42(48(41)44)47-39-22-11-9-20-37(39)46(38-21-10-12-23-40(38)47)35-28-34-18-7-8-19-36(34)43(29-35)32-16-5-2-6-17-32/h1-30H/i13D,24D,25D,26D,27D,30D. The zero-order chi connectivity index (χ0) is 37.5. The van der Waals surface area contributed by atoms with Crippen molar-refractivity contribution in [2.75, 3.05) is 0 Å². The minimum Gasteiger partial charge on any atom is -0.456 e. The van der Waals surface area contributed by atoms with Gasteiger partial charge in [-0.15, -0.1) is 0 Å². The zero-order valence-electron chi connectivity index (χ0n) is 32.3. The molecule has 0 amide bonds. The van der Waals surface area contributed by atoms with Crippen LogP contribution < -0.4 is 0 Å². The summed E-state index contributed by atoms with van der Waals surface area (Å²) in [5, 5.41) is 6.29. The Hall–Kier alpha value is -6.44. The molecule has 0 aliphatic carbocycles.